The molecule has 0 saturated carbocycles. The fraction of sp³-hybridized carbons (Fsp3) is 0.485. The topological polar surface area (TPSA) is 120 Å². The summed E-state index contributed by atoms with van der Waals surface area (Å²) in [6.45, 7) is 14.5. The van der Waals surface area contributed by atoms with Crippen molar-refractivity contribution in [2.24, 2.45) is 10.8 Å². The SMILES string of the molecule is CC(NC(=O)c1ccc2c(c1)nc(NC(=O)c1ccc(C(F)F)s1)n2CC1CCCN1C(=O)C(C#N)=CC(C)(C)C)C(C)(C)C. The van der Waals surface area contributed by atoms with Crippen LogP contribution < -0.4 is 10.6 Å². The van der Waals surface area contributed by atoms with Crippen LogP contribution in [0.15, 0.2) is 42.0 Å². The molecular formula is C33H40F2N6O3S. The number of nitriles is 1. The predicted octanol–water partition coefficient (Wildman–Crippen LogP) is 6.94. The van der Waals surface area contributed by atoms with Gasteiger partial charge in [-0.05, 0) is 60.9 Å². The number of benzene rings is 1. The Hall–Kier alpha value is -4.11. The number of allylic oxidation sites excluding steroid dienone is 1. The summed E-state index contributed by atoms with van der Waals surface area (Å²) in [6, 6.07) is 9.28. The molecule has 1 saturated heterocycles. The molecule has 1 aliphatic heterocycles. The number of fused-ring (bicyclic) bond motifs is 1. The molecule has 2 N–H and O–H groups in total. The second-order valence-electron chi connectivity index (χ2n) is 13.6. The Balaban J connectivity index is 1.70. The molecule has 12 heteroatoms. The fourth-order valence-corrected chi connectivity index (χ4v) is 5.80. The van der Waals surface area contributed by atoms with Crippen LogP contribution >= 0.6 is 11.3 Å². The summed E-state index contributed by atoms with van der Waals surface area (Å²) >= 11 is 0.700. The second-order valence-corrected chi connectivity index (χ2v) is 14.7. The van der Waals surface area contributed by atoms with E-state index in [-0.39, 0.29) is 62.5 Å². The van der Waals surface area contributed by atoms with Crippen LogP contribution in [0.1, 0.15) is 92.6 Å². The lowest BCUT2D eigenvalue weighted by atomic mass is 9.88. The summed E-state index contributed by atoms with van der Waals surface area (Å²) in [6.07, 6.45) is 0.384. The lowest BCUT2D eigenvalue weighted by molar-refractivity contribution is -0.127. The van der Waals surface area contributed by atoms with E-state index in [1.54, 1.807) is 33.7 Å². The molecule has 3 aromatic rings. The largest absolute Gasteiger partial charge is 0.349 e. The van der Waals surface area contributed by atoms with E-state index >= 15 is 0 Å². The van der Waals surface area contributed by atoms with Crippen LogP contribution in [0.3, 0.4) is 0 Å². The molecule has 0 aliphatic carbocycles. The zero-order valence-corrected chi connectivity index (χ0v) is 27.5. The Kier molecular flexibility index (Phi) is 9.82. The van der Waals surface area contributed by atoms with Crippen molar-refractivity contribution in [3.8, 4) is 6.07 Å². The molecule has 3 heterocycles. The lowest BCUT2D eigenvalue weighted by Crippen LogP contribution is -2.41. The normalized spacial score (nSPS) is 16.6. The number of halogens is 2. The van der Waals surface area contributed by atoms with E-state index in [1.807, 2.05) is 48.5 Å². The summed E-state index contributed by atoms with van der Waals surface area (Å²) in [4.78, 5) is 45.9. The molecule has 1 fully saturated rings. The monoisotopic (exact) mass is 638 g/mol. The molecule has 45 heavy (non-hydrogen) atoms. The van der Waals surface area contributed by atoms with Gasteiger partial charge in [0.15, 0.2) is 0 Å². The van der Waals surface area contributed by atoms with Crippen LogP contribution in [0.2, 0.25) is 0 Å². The Morgan fingerprint density at radius 1 is 1.13 bits per heavy atom. The van der Waals surface area contributed by atoms with Gasteiger partial charge in [0.2, 0.25) is 5.95 Å². The van der Waals surface area contributed by atoms with Gasteiger partial charge in [0.05, 0.1) is 26.8 Å². The zero-order chi connectivity index (χ0) is 33.3. The van der Waals surface area contributed by atoms with Gasteiger partial charge in [-0.1, -0.05) is 47.6 Å². The van der Waals surface area contributed by atoms with Crippen LogP contribution in [0.5, 0.6) is 0 Å². The fourth-order valence-electron chi connectivity index (χ4n) is 5.04. The number of carbonyl (C=O) groups is 3. The van der Waals surface area contributed by atoms with Gasteiger partial charge in [0, 0.05) is 24.7 Å². The minimum Gasteiger partial charge on any atom is -0.349 e. The van der Waals surface area contributed by atoms with Gasteiger partial charge in [-0.2, -0.15) is 5.26 Å². The summed E-state index contributed by atoms with van der Waals surface area (Å²) in [5.41, 5.74) is 1.02. The van der Waals surface area contributed by atoms with Crippen molar-refractivity contribution in [2.45, 2.75) is 86.4 Å². The molecule has 9 nitrogen and oxygen atoms in total. The highest BCUT2D eigenvalue weighted by Crippen LogP contribution is 2.30. The van der Waals surface area contributed by atoms with Crippen LogP contribution in [0.25, 0.3) is 11.0 Å². The number of aromatic nitrogens is 2. The molecule has 2 unspecified atom stereocenters. The number of amides is 3. The highest BCUT2D eigenvalue weighted by Gasteiger charge is 2.33. The average molecular weight is 639 g/mol. The van der Waals surface area contributed by atoms with Crippen LogP contribution in [-0.4, -0.2) is 50.8 Å². The van der Waals surface area contributed by atoms with E-state index in [1.165, 1.54) is 12.1 Å². The van der Waals surface area contributed by atoms with Crippen LogP contribution in [0, 0.1) is 22.2 Å². The quantitative estimate of drug-likeness (QED) is 0.205. The Labute approximate surface area is 266 Å². The number of hydrogen-bond acceptors (Lipinski definition) is 6. The number of hydrogen-bond donors (Lipinski definition) is 2. The first-order valence-corrected chi connectivity index (χ1v) is 15.7. The van der Waals surface area contributed by atoms with E-state index in [4.69, 9.17) is 0 Å². The van der Waals surface area contributed by atoms with Crippen molar-refractivity contribution in [3.05, 3.63) is 57.3 Å². The maximum Gasteiger partial charge on any atom is 0.272 e. The summed E-state index contributed by atoms with van der Waals surface area (Å²) in [5, 5.41) is 15.5. The number of imidazole rings is 1. The van der Waals surface area contributed by atoms with Crippen molar-refractivity contribution in [1.82, 2.24) is 19.8 Å². The van der Waals surface area contributed by atoms with Crippen molar-refractivity contribution >= 4 is 46.0 Å². The third-order valence-electron chi connectivity index (χ3n) is 7.91. The van der Waals surface area contributed by atoms with Crippen molar-refractivity contribution in [3.63, 3.8) is 0 Å². The minimum absolute atomic E-state index is 0.0751. The van der Waals surface area contributed by atoms with Crippen molar-refractivity contribution < 1.29 is 23.2 Å². The standard InChI is InChI=1S/C33H40F2N6O3S/c1-19(33(5,6)7)37-28(42)20-10-11-24-23(15-20)38-31(39-29(43)26-13-12-25(45-26)27(34)35)41(24)18-22-9-8-14-40(22)30(44)21(17-36)16-32(2,3)4/h10-13,15-16,19,22,27H,8-9,14,18H2,1-7H3,(H,37,42)(H,38,39,43). The minimum atomic E-state index is -2.69. The van der Waals surface area contributed by atoms with E-state index in [9.17, 15) is 28.4 Å². The van der Waals surface area contributed by atoms with Crippen molar-refractivity contribution in [2.75, 3.05) is 11.9 Å². The second kappa shape index (κ2) is 13.1. The molecule has 2 aromatic heterocycles. The zero-order valence-electron chi connectivity index (χ0n) is 26.7. The number of anilines is 1. The first kappa shape index (κ1) is 33.8. The van der Waals surface area contributed by atoms with Crippen molar-refractivity contribution in [1.29, 1.82) is 5.26 Å². The van der Waals surface area contributed by atoms with Gasteiger partial charge in [0.25, 0.3) is 24.1 Å². The van der Waals surface area contributed by atoms with Gasteiger partial charge >= 0.3 is 0 Å². The van der Waals surface area contributed by atoms with Gasteiger partial charge in [-0.3, -0.25) is 19.7 Å². The molecule has 1 aromatic carbocycles. The van der Waals surface area contributed by atoms with E-state index in [0.717, 1.165) is 6.42 Å². The molecule has 3 amide bonds. The number of alkyl halides is 2. The molecule has 2 atom stereocenters. The van der Waals surface area contributed by atoms with Gasteiger partial charge in [0.1, 0.15) is 11.6 Å². The Morgan fingerprint density at radius 2 is 1.84 bits per heavy atom. The van der Waals surface area contributed by atoms with Gasteiger partial charge in [-0.25, -0.2) is 13.8 Å². The van der Waals surface area contributed by atoms with Gasteiger partial charge < -0.3 is 14.8 Å². The van der Waals surface area contributed by atoms with Crippen LogP contribution in [-0.2, 0) is 11.3 Å². The van der Waals surface area contributed by atoms with E-state index in [0.29, 0.717) is 40.9 Å². The maximum atomic E-state index is 13.5. The number of nitrogens with zero attached hydrogens (tertiary/aromatic N) is 4. The summed E-state index contributed by atoms with van der Waals surface area (Å²) < 4.78 is 28.2. The van der Waals surface area contributed by atoms with Crippen LogP contribution in [0.4, 0.5) is 14.7 Å². The first-order valence-electron chi connectivity index (χ1n) is 14.9. The molecule has 4 rings (SSSR count). The molecule has 240 valence electrons. The highest BCUT2D eigenvalue weighted by molar-refractivity contribution is 7.14. The van der Waals surface area contributed by atoms with Gasteiger partial charge in [-0.15, -0.1) is 11.3 Å². The number of carbonyl (C=O) groups excluding carboxylic acids is 3. The molecular weight excluding hydrogens is 598 g/mol. The lowest BCUT2D eigenvalue weighted by Gasteiger charge is -2.28. The number of nitrogens with one attached hydrogen (secondary N) is 2. The first-order chi connectivity index (χ1) is 21.0. The predicted molar refractivity (Wildman–Crippen MR) is 171 cm³/mol. The third-order valence-corrected chi connectivity index (χ3v) is 9.00. The molecule has 0 bridgehead atoms. The number of likely N-dealkylation sites (tertiary alicyclic amines) is 1. The molecule has 0 radical (unpaired) electrons. The Morgan fingerprint density at radius 3 is 2.44 bits per heavy atom. The number of rotatable bonds is 8. The highest BCUT2D eigenvalue weighted by atomic mass is 32.1. The average Bonchev–Trinajstić information content (AvgIpc) is 3.70. The number of thiophene rings is 1. The van der Waals surface area contributed by atoms with E-state index < -0.39 is 12.3 Å². The third kappa shape index (κ3) is 7.95. The Bertz CT molecular complexity index is 1670. The summed E-state index contributed by atoms with van der Waals surface area (Å²) in [5.74, 6) is -1.05. The summed E-state index contributed by atoms with van der Waals surface area (Å²) in [7, 11) is 0. The van der Waals surface area contributed by atoms with E-state index in [2.05, 4.69) is 21.7 Å². The maximum absolute atomic E-state index is 13.5. The smallest absolute Gasteiger partial charge is 0.272 e. The molecule has 0 spiro atoms. The molecule has 1 aliphatic rings.